The van der Waals surface area contributed by atoms with E-state index in [4.69, 9.17) is 14.1 Å². The van der Waals surface area contributed by atoms with E-state index >= 15 is 0 Å². The van der Waals surface area contributed by atoms with Gasteiger partial charge in [0.15, 0.2) is 5.75 Å². The smallest absolute Gasteiger partial charge is 0.406 e. The van der Waals surface area contributed by atoms with E-state index in [1.54, 1.807) is 0 Å². The number of hydrogen-bond acceptors (Lipinski definition) is 5. The van der Waals surface area contributed by atoms with E-state index < -0.39 is 0 Å². The van der Waals surface area contributed by atoms with Gasteiger partial charge in [-0.1, -0.05) is 12.1 Å². The molecule has 6 heteroatoms. The van der Waals surface area contributed by atoms with E-state index in [9.17, 15) is 0 Å². The second-order valence-corrected chi connectivity index (χ2v) is 7.48. The number of benzene rings is 1. The van der Waals surface area contributed by atoms with Gasteiger partial charge in [-0.05, 0) is 52.1 Å². The Morgan fingerprint density at radius 3 is 2.45 bits per heavy atom. The molecule has 1 aromatic rings. The van der Waals surface area contributed by atoms with Crippen molar-refractivity contribution in [3.63, 3.8) is 0 Å². The monoisotopic (exact) mass is 302 g/mol. The van der Waals surface area contributed by atoms with Crippen LogP contribution in [0.15, 0.2) is 18.2 Å². The summed E-state index contributed by atoms with van der Waals surface area (Å²) in [5, 5.41) is 3.54. The van der Waals surface area contributed by atoms with Crippen LogP contribution in [-0.4, -0.2) is 24.4 Å². The van der Waals surface area contributed by atoms with Gasteiger partial charge in [-0.3, -0.25) is 5.32 Å². The lowest BCUT2D eigenvalue weighted by Gasteiger charge is -2.32. The average molecular weight is 302 g/mol. The first-order valence-corrected chi connectivity index (χ1v) is 8.04. The molecule has 1 unspecified atom stereocenters. The number of hydroxylamine groups is 1. The van der Waals surface area contributed by atoms with Gasteiger partial charge >= 0.3 is 7.12 Å². The highest BCUT2D eigenvalue weighted by Crippen LogP contribution is 2.37. The number of rotatable bonds is 3. The molecule has 1 saturated carbocycles. The summed E-state index contributed by atoms with van der Waals surface area (Å²) >= 11 is 0. The second-order valence-electron chi connectivity index (χ2n) is 7.48. The van der Waals surface area contributed by atoms with Crippen LogP contribution in [0.1, 0.15) is 52.3 Å². The SMILES string of the molecule is CC1(C)OB(c2ccc3c(c2)C(NC2CC2)NO3)OC1(C)C. The maximum absolute atomic E-state index is 6.13. The van der Waals surface area contributed by atoms with E-state index in [0.717, 1.165) is 16.8 Å². The Kier molecular flexibility index (Phi) is 3.11. The second kappa shape index (κ2) is 4.71. The maximum atomic E-state index is 6.13. The van der Waals surface area contributed by atoms with Gasteiger partial charge in [0.25, 0.3) is 0 Å². The van der Waals surface area contributed by atoms with Gasteiger partial charge in [0.1, 0.15) is 6.17 Å². The summed E-state index contributed by atoms with van der Waals surface area (Å²) in [5.41, 5.74) is 4.57. The molecule has 2 fully saturated rings. The highest BCUT2D eigenvalue weighted by atomic mass is 16.7. The topological polar surface area (TPSA) is 51.8 Å². The lowest BCUT2D eigenvalue weighted by molar-refractivity contribution is 0.00578. The van der Waals surface area contributed by atoms with Gasteiger partial charge < -0.3 is 14.1 Å². The molecular weight excluding hydrogens is 279 g/mol. The average Bonchev–Trinajstić information content (AvgIpc) is 3.12. The van der Waals surface area contributed by atoms with Crippen molar-refractivity contribution in [1.29, 1.82) is 0 Å². The molecule has 2 heterocycles. The molecule has 1 saturated heterocycles. The van der Waals surface area contributed by atoms with Crippen LogP contribution in [0.2, 0.25) is 0 Å². The molecular formula is C16H23BN2O3. The Labute approximate surface area is 131 Å². The largest absolute Gasteiger partial charge is 0.494 e. The number of fused-ring (bicyclic) bond motifs is 1. The van der Waals surface area contributed by atoms with Crippen molar-refractivity contribution in [2.24, 2.45) is 0 Å². The molecule has 5 nitrogen and oxygen atoms in total. The van der Waals surface area contributed by atoms with E-state index in [1.807, 2.05) is 12.1 Å². The van der Waals surface area contributed by atoms with Crippen molar-refractivity contribution in [2.75, 3.05) is 0 Å². The molecule has 2 N–H and O–H groups in total. The fourth-order valence-electron chi connectivity index (χ4n) is 2.81. The van der Waals surface area contributed by atoms with Gasteiger partial charge in [-0.2, -0.15) is 0 Å². The van der Waals surface area contributed by atoms with Crippen LogP contribution >= 0.6 is 0 Å². The summed E-state index contributed by atoms with van der Waals surface area (Å²) in [6, 6.07) is 6.73. The van der Waals surface area contributed by atoms with Crippen LogP contribution in [0.5, 0.6) is 5.75 Å². The minimum Gasteiger partial charge on any atom is -0.406 e. The first kappa shape index (κ1) is 14.5. The van der Waals surface area contributed by atoms with Crippen LogP contribution in [0, 0.1) is 0 Å². The first-order valence-electron chi connectivity index (χ1n) is 8.04. The molecule has 0 bridgehead atoms. The van der Waals surface area contributed by atoms with E-state index in [-0.39, 0.29) is 24.5 Å². The Morgan fingerprint density at radius 2 is 1.82 bits per heavy atom. The predicted octanol–water partition coefficient (Wildman–Crippen LogP) is 1.63. The lowest BCUT2D eigenvalue weighted by atomic mass is 9.78. The van der Waals surface area contributed by atoms with E-state index in [0.29, 0.717) is 6.04 Å². The van der Waals surface area contributed by atoms with Crippen molar-refractivity contribution in [1.82, 2.24) is 10.8 Å². The van der Waals surface area contributed by atoms with Crippen molar-refractivity contribution in [2.45, 2.75) is 63.9 Å². The zero-order valence-corrected chi connectivity index (χ0v) is 13.6. The summed E-state index contributed by atoms with van der Waals surface area (Å²) in [4.78, 5) is 5.55. The minimum atomic E-state index is -0.336. The molecule has 0 amide bonds. The van der Waals surface area contributed by atoms with E-state index in [2.05, 4.69) is 44.6 Å². The summed E-state index contributed by atoms with van der Waals surface area (Å²) in [5.74, 6) is 0.874. The van der Waals surface area contributed by atoms with Crippen LogP contribution in [0.25, 0.3) is 0 Å². The predicted molar refractivity (Wildman–Crippen MR) is 84.8 cm³/mol. The standard InChI is InChI=1S/C16H23BN2O3/c1-15(2)16(3,4)22-17(21-15)10-5-8-13-12(9-10)14(19-20-13)18-11-6-7-11/h5,8-9,11,14,18-19H,6-7H2,1-4H3. The molecule has 1 atom stereocenters. The molecule has 0 aromatic heterocycles. The van der Waals surface area contributed by atoms with Crippen molar-refractivity contribution in [3.8, 4) is 5.75 Å². The van der Waals surface area contributed by atoms with Crippen molar-refractivity contribution >= 4 is 12.6 Å². The number of nitrogens with one attached hydrogen (secondary N) is 2. The highest BCUT2D eigenvalue weighted by Gasteiger charge is 2.52. The molecule has 0 spiro atoms. The summed E-state index contributed by atoms with van der Waals surface area (Å²) < 4.78 is 12.3. The zero-order chi connectivity index (χ0) is 15.5. The zero-order valence-electron chi connectivity index (χ0n) is 13.6. The van der Waals surface area contributed by atoms with Crippen molar-refractivity contribution < 1.29 is 14.1 Å². The maximum Gasteiger partial charge on any atom is 0.494 e. The molecule has 2 aliphatic heterocycles. The third-order valence-electron chi connectivity index (χ3n) is 5.14. The first-order chi connectivity index (χ1) is 10.4. The lowest BCUT2D eigenvalue weighted by Crippen LogP contribution is -2.41. The normalized spacial score (nSPS) is 28.5. The Balaban J connectivity index is 1.59. The summed E-state index contributed by atoms with van der Waals surface area (Å²) in [7, 11) is -0.336. The third-order valence-corrected chi connectivity index (χ3v) is 5.14. The van der Waals surface area contributed by atoms with Gasteiger partial charge in [-0.25, -0.2) is 0 Å². The minimum absolute atomic E-state index is 0.0462. The highest BCUT2D eigenvalue weighted by molar-refractivity contribution is 6.62. The quantitative estimate of drug-likeness (QED) is 0.831. The summed E-state index contributed by atoms with van der Waals surface area (Å²) in [6.07, 6.45) is 2.53. The van der Waals surface area contributed by atoms with Crippen LogP contribution in [0.4, 0.5) is 0 Å². The van der Waals surface area contributed by atoms with Crippen LogP contribution in [0.3, 0.4) is 0 Å². The van der Waals surface area contributed by atoms with Crippen LogP contribution < -0.4 is 21.1 Å². The summed E-state index contributed by atoms with van der Waals surface area (Å²) in [6.45, 7) is 8.29. The van der Waals surface area contributed by atoms with Gasteiger partial charge in [0.2, 0.25) is 0 Å². The third kappa shape index (κ3) is 2.34. The fraction of sp³-hybridized carbons (Fsp3) is 0.625. The van der Waals surface area contributed by atoms with Crippen LogP contribution in [-0.2, 0) is 9.31 Å². The Morgan fingerprint density at radius 1 is 1.14 bits per heavy atom. The molecule has 22 heavy (non-hydrogen) atoms. The number of hydrogen-bond donors (Lipinski definition) is 2. The van der Waals surface area contributed by atoms with Gasteiger partial charge in [0, 0.05) is 11.6 Å². The van der Waals surface area contributed by atoms with Gasteiger partial charge in [0.05, 0.1) is 11.2 Å². The molecule has 1 aromatic carbocycles. The molecule has 1 aliphatic carbocycles. The Hall–Kier alpha value is -1.08. The molecule has 3 aliphatic rings. The van der Waals surface area contributed by atoms with Crippen molar-refractivity contribution in [3.05, 3.63) is 23.8 Å². The van der Waals surface area contributed by atoms with Gasteiger partial charge in [-0.15, -0.1) is 5.48 Å². The molecule has 4 rings (SSSR count). The fourth-order valence-corrected chi connectivity index (χ4v) is 2.81. The molecule has 118 valence electrons. The Bertz CT molecular complexity index is 585. The van der Waals surface area contributed by atoms with E-state index in [1.165, 1.54) is 12.8 Å². The molecule has 0 radical (unpaired) electrons.